The van der Waals surface area contributed by atoms with Crippen LogP contribution in [-0.4, -0.2) is 23.8 Å². The van der Waals surface area contributed by atoms with Crippen molar-refractivity contribution in [2.45, 2.75) is 0 Å². The summed E-state index contributed by atoms with van der Waals surface area (Å²) < 4.78 is 25.3. The second-order valence-corrected chi connectivity index (χ2v) is 0.612. The SMILES string of the molecule is O=S([O-])[O-].OO.[Fe+2]. The maximum absolute atomic E-state index is 8.44. The molecule has 0 aromatic rings. The summed E-state index contributed by atoms with van der Waals surface area (Å²) in [6, 6.07) is 0. The van der Waals surface area contributed by atoms with Crippen LogP contribution < -0.4 is 0 Å². The van der Waals surface area contributed by atoms with Crippen molar-refractivity contribution in [2.75, 3.05) is 0 Å². The molecule has 0 aromatic carbocycles. The minimum Gasteiger partial charge on any atom is -0.784 e. The molecule has 0 radical (unpaired) electrons. The van der Waals surface area contributed by atoms with Crippen molar-refractivity contribution in [1.82, 2.24) is 0 Å². The molecule has 0 atom stereocenters. The van der Waals surface area contributed by atoms with Gasteiger partial charge in [-0.2, -0.15) is 0 Å². The molecule has 2 N–H and O–H groups in total. The first kappa shape index (κ1) is 15.6. The van der Waals surface area contributed by atoms with Gasteiger partial charge in [-0.1, -0.05) is 0 Å². The van der Waals surface area contributed by atoms with Crippen LogP contribution >= 0.6 is 0 Å². The van der Waals surface area contributed by atoms with E-state index in [-0.39, 0.29) is 17.1 Å². The predicted molar refractivity (Wildman–Crippen MR) is 15.0 cm³/mol. The first-order chi connectivity index (χ1) is 2.73. The summed E-state index contributed by atoms with van der Waals surface area (Å²) >= 11 is -3.11. The van der Waals surface area contributed by atoms with Crippen molar-refractivity contribution in [3.05, 3.63) is 0 Å². The molecule has 0 aliphatic rings. The van der Waals surface area contributed by atoms with Gasteiger partial charge in [-0.05, 0) is 0 Å². The molecule has 7 heavy (non-hydrogen) atoms. The van der Waals surface area contributed by atoms with E-state index in [4.69, 9.17) is 23.8 Å². The Morgan fingerprint density at radius 3 is 1.29 bits per heavy atom. The fourth-order valence-electron chi connectivity index (χ4n) is 0. The van der Waals surface area contributed by atoms with Crippen LogP contribution in [-0.2, 0) is 28.4 Å². The molecular formula is H2FeO5S. The summed E-state index contributed by atoms with van der Waals surface area (Å²) in [5.74, 6) is 0. The van der Waals surface area contributed by atoms with E-state index < -0.39 is 11.4 Å². The minimum atomic E-state index is -3.11. The van der Waals surface area contributed by atoms with E-state index in [0.29, 0.717) is 0 Å². The second kappa shape index (κ2) is 16.0. The fourth-order valence-corrected chi connectivity index (χ4v) is 0. The molecule has 0 aliphatic heterocycles. The molecule has 0 aromatic heterocycles. The van der Waals surface area contributed by atoms with Crippen molar-refractivity contribution in [3.63, 3.8) is 0 Å². The smallest absolute Gasteiger partial charge is 0.784 e. The van der Waals surface area contributed by atoms with Crippen molar-refractivity contribution < 1.29 is 40.9 Å². The van der Waals surface area contributed by atoms with Gasteiger partial charge >= 0.3 is 17.1 Å². The summed E-state index contributed by atoms with van der Waals surface area (Å²) in [4.78, 5) is 0. The molecule has 0 unspecified atom stereocenters. The molecule has 0 aliphatic carbocycles. The largest absolute Gasteiger partial charge is 2.00 e. The molecule has 7 heteroatoms. The standard InChI is InChI=1S/Fe.H2O3S.H2O2/c;1-4(2)3;1-2/h;(H2,1,2,3);1-2H/q+2;;/p-2. The zero-order chi connectivity index (χ0) is 5.58. The molecule has 0 heterocycles. The Labute approximate surface area is 52.9 Å². The van der Waals surface area contributed by atoms with Gasteiger partial charge in [-0.3, -0.25) is 14.7 Å². The first-order valence-electron chi connectivity index (χ1n) is 0.700. The van der Waals surface area contributed by atoms with E-state index in [1.54, 1.807) is 0 Å². The molecule has 0 spiro atoms. The van der Waals surface area contributed by atoms with Crippen LogP contribution in [0, 0.1) is 0 Å². The van der Waals surface area contributed by atoms with Gasteiger partial charge in [0, 0.05) is 0 Å². The third-order valence-corrected chi connectivity index (χ3v) is 0. The number of hydrogen-bond donors (Lipinski definition) is 2. The summed E-state index contributed by atoms with van der Waals surface area (Å²) in [5.41, 5.74) is 0. The van der Waals surface area contributed by atoms with Gasteiger partial charge < -0.3 is 9.11 Å². The van der Waals surface area contributed by atoms with Crippen LogP contribution in [0.25, 0.3) is 0 Å². The summed E-state index contributed by atoms with van der Waals surface area (Å²) in [5, 5.41) is 12.0. The van der Waals surface area contributed by atoms with Crippen LogP contribution in [0.1, 0.15) is 0 Å². The van der Waals surface area contributed by atoms with Crippen LogP contribution in [0.5, 0.6) is 0 Å². The van der Waals surface area contributed by atoms with Crippen LogP contribution in [0.4, 0.5) is 0 Å². The van der Waals surface area contributed by atoms with Crippen molar-refractivity contribution in [1.29, 1.82) is 0 Å². The predicted octanol–water partition coefficient (Wildman–Crippen LogP) is -0.989. The van der Waals surface area contributed by atoms with Gasteiger partial charge in [0.15, 0.2) is 0 Å². The number of rotatable bonds is 0. The Kier molecular flexibility index (Phi) is 35.9. The third-order valence-electron chi connectivity index (χ3n) is 0. The molecule has 0 fully saturated rings. The zero-order valence-electron chi connectivity index (χ0n) is 2.88. The topological polar surface area (TPSA) is 104 Å². The Hall–Kier alpha value is 0.509. The summed E-state index contributed by atoms with van der Waals surface area (Å²) in [7, 11) is 0. The monoisotopic (exact) mass is 170 g/mol. The van der Waals surface area contributed by atoms with Gasteiger partial charge in [0.05, 0.1) is 0 Å². The van der Waals surface area contributed by atoms with Crippen LogP contribution in [0.2, 0.25) is 0 Å². The molecule has 0 amide bonds. The Morgan fingerprint density at radius 2 is 1.29 bits per heavy atom. The van der Waals surface area contributed by atoms with Gasteiger partial charge in [-0.25, -0.2) is 0 Å². The van der Waals surface area contributed by atoms with Gasteiger partial charge in [-0.15, -0.1) is 11.4 Å². The quantitative estimate of drug-likeness (QED) is 0.210. The fraction of sp³-hybridized carbons (Fsp3) is 0. The van der Waals surface area contributed by atoms with Crippen molar-refractivity contribution in [2.24, 2.45) is 0 Å². The summed E-state index contributed by atoms with van der Waals surface area (Å²) in [6.07, 6.45) is 0. The van der Waals surface area contributed by atoms with Gasteiger partial charge in [0.25, 0.3) is 0 Å². The Balaban J connectivity index is -0.0000000480. The maximum atomic E-state index is 8.44. The van der Waals surface area contributed by atoms with E-state index in [2.05, 4.69) is 0 Å². The molecule has 5 nitrogen and oxygen atoms in total. The Morgan fingerprint density at radius 1 is 1.29 bits per heavy atom. The molecular weight excluding hydrogens is 168 g/mol. The van der Waals surface area contributed by atoms with Gasteiger partial charge in [0.1, 0.15) is 0 Å². The van der Waals surface area contributed by atoms with E-state index in [9.17, 15) is 0 Å². The van der Waals surface area contributed by atoms with Crippen LogP contribution in [0.3, 0.4) is 0 Å². The normalized spacial score (nSPS) is 5.86. The Bertz CT molecular complexity index is 31.1. The zero-order valence-corrected chi connectivity index (χ0v) is 4.80. The molecule has 0 rings (SSSR count). The van der Waals surface area contributed by atoms with Crippen molar-refractivity contribution in [3.8, 4) is 0 Å². The molecule has 0 saturated carbocycles. The van der Waals surface area contributed by atoms with Crippen LogP contribution in [0.15, 0.2) is 0 Å². The summed E-state index contributed by atoms with van der Waals surface area (Å²) in [6.45, 7) is 0. The van der Waals surface area contributed by atoms with Crippen molar-refractivity contribution >= 4 is 11.4 Å². The molecule has 0 saturated heterocycles. The van der Waals surface area contributed by atoms with E-state index in [0.717, 1.165) is 0 Å². The third kappa shape index (κ3) is 510. The van der Waals surface area contributed by atoms with E-state index in [1.807, 2.05) is 0 Å². The van der Waals surface area contributed by atoms with E-state index >= 15 is 0 Å². The van der Waals surface area contributed by atoms with E-state index in [1.165, 1.54) is 0 Å². The first-order valence-corrected chi connectivity index (χ1v) is 1.70. The second-order valence-electron chi connectivity index (χ2n) is 0.204. The molecule has 0 bridgehead atoms. The minimum absolute atomic E-state index is 0. The average molecular weight is 170 g/mol. The van der Waals surface area contributed by atoms with Gasteiger partial charge in [0.2, 0.25) is 0 Å². The average Bonchev–Trinajstić information content (AvgIpc) is 1.41. The molecule has 46 valence electrons. The maximum Gasteiger partial charge on any atom is 2.00 e. The number of hydrogen-bond acceptors (Lipinski definition) is 5.